The van der Waals surface area contributed by atoms with E-state index in [4.69, 9.17) is 14.2 Å². The highest BCUT2D eigenvalue weighted by Gasteiger charge is 2.34. The fourth-order valence-corrected chi connectivity index (χ4v) is 4.95. The normalized spacial score (nSPS) is 12.3. The number of ether oxygens (including phenoxy) is 3. The summed E-state index contributed by atoms with van der Waals surface area (Å²) >= 11 is 0. The van der Waals surface area contributed by atoms with E-state index in [1.165, 1.54) is 14.2 Å². The molecule has 0 saturated carbocycles. The SMILES string of the molecule is COCc1nc2ccc(-n3c4c(c5ccc(OC)c(OC)c5c3=O)C(=O)c3ccccc3-4)cc2[nH]1. The van der Waals surface area contributed by atoms with Gasteiger partial charge in [-0.3, -0.25) is 14.2 Å². The largest absolute Gasteiger partial charge is 0.493 e. The van der Waals surface area contributed by atoms with Gasteiger partial charge in [-0.1, -0.05) is 24.3 Å². The number of fused-ring (bicyclic) bond motifs is 6. The number of imidazole rings is 1. The zero-order valence-electron chi connectivity index (χ0n) is 19.3. The molecule has 0 fully saturated rings. The van der Waals surface area contributed by atoms with E-state index < -0.39 is 0 Å². The number of carbonyl (C=O) groups is 1. The number of ketones is 1. The fraction of sp³-hybridized carbons (Fsp3) is 0.148. The van der Waals surface area contributed by atoms with Crippen molar-refractivity contribution in [2.45, 2.75) is 6.61 Å². The summed E-state index contributed by atoms with van der Waals surface area (Å²) in [6.07, 6.45) is 0. The summed E-state index contributed by atoms with van der Waals surface area (Å²) in [7, 11) is 4.60. The van der Waals surface area contributed by atoms with Crippen LogP contribution < -0.4 is 15.0 Å². The van der Waals surface area contributed by atoms with Crippen LogP contribution in [0.2, 0.25) is 0 Å². The molecule has 5 aromatic rings. The van der Waals surface area contributed by atoms with Crippen molar-refractivity contribution >= 4 is 27.6 Å². The van der Waals surface area contributed by atoms with Gasteiger partial charge in [0.2, 0.25) is 0 Å². The van der Waals surface area contributed by atoms with Gasteiger partial charge in [-0.05, 0) is 30.3 Å². The summed E-state index contributed by atoms with van der Waals surface area (Å²) in [6.45, 7) is 0.341. The first kappa shape index (κ1) is 21.1. The van der Waals surface area contributed by atoms with Crippen LogP contribution in [0.5, 0.6) is 11.5 Å². The molecule has 1 aliphatic rings. The Bertz CT molecular complexity index is 1730. The molecule has 0 spiro atoms. The second kappa shape index (κ2) is 7.82. The highest BCUT2D eigenvalue weighted by molar-refractivity contribution is 6.27. The molecule has 1 N–H and O–H groups in total. The van der Waals surface area contributed by atoms with Crippen LogP contribution in [-0.2, 0) is 11.3 Å². The molecule has 8 heteroatoms. The van der Waals surface area contributed by atoms with Gasteiger partial charge in [0.25, 0.3) is 5.56 Å². The zero-order chi connectivity index (χ0) is 24.3. The first-order valence-corrected chi connectivity index (χ1v) is 11.0. The third kappa shape index (κ3) is 2.93. The van der Waals surface area contributed by atoms with Crippen LogP contribution in [0.15, 0.2) is 59.4 Å². The molecule has 2 heterocycles. The van der Waals surface area contributed by atoms with Crippen molar-refractivity contribution in [2.75, 3.05) is 21.3 Å². The van der Waals surface area contributed by atoms with Gasteiger partial charge in [0, 0.05) is 23.6 Å². The molecule has 0 atom stereocenters. The van der Waals surface area contributed by atoms with Crippen LogP contribution in [0.3, 0.4) is 0 Å². The lowest BCUT2D eigenvalue weighted by Crippen LogP contribution is -2.22. The quantitative estimate of drug-likeness (QED) is 0.408. The molecule has 0 radical (unpaired) electrons. The summed E-state index contributed by atoms with van der Waals surface area (Å²) in [6, 6.07) is 16.3. The van der Waals surface area contributed by atoms with Gasteiger partial charge in [-0.15, -0.1) is 0 Å². The zero-order valence-corrected chi connectivity index (χ0v) is 19.3. The highest BCUT2D eigenvalue weighted by atomic mass is 16.5. The molecule has 8 nitrogen and oxygen atoms in total. The summed E-state index contributed by atoms with van der Waals surface area (Å²) in [5.41, 5.74) is 4.09. The number of nitrogens with one attached hydrogen (secondary N) is 1. The smallest absolute Gasteiger partial charge is 0.267 e. The summed E-state index contributed by atoms with van der Waals surface area (Å²) in [5.74, 6) is 1.26. The number of aromatic amines is 1. The summed E-state index contributed by atoms with van der Waals surface area (Å²) < 4.78 is 17.8. The van der Waals surface area contributed by atoms with E-state index >= 15 is 0 Å². The predicted molar refractivity (Wildman–Crippen MR) is 132 cm³/mol. The second-order valence-corrected chi connectivity index (χ2v) is 8.28. The Kier molecular flexibility index (Phi) is 4.72. The van der Waals surface area contributed by atoms with E-state index in [1.54, 1.807) is 29.9 Å². The fourth-order valence-electron chi connectivity index (χ4n) is 4.95. The molecule has 35 heavy (non-hydrogen) atoms. The number of rotatable bonds is 5. The monoisotopic (exact) mass is 467 g/mol. The maximum Gasteiger partial charge on any atom is 0.267 e. The molecule has 0 saturated heterocycles. The predicted octanol–water partition coefficient (Wildman–Crippen LogP) is 4.24. The molecule has 3 aromatic carbocycles. The van der Waals surface area contributed by atoms with Crippen molar-refractivity contribution in [1.82, 2.24) is 14.5 Å². The Hall–Kier alpha value is -4.43. The molecule has 0 aliphatic heterocycles. The number of hydrogen-bond acceptors (Lipinski definition) is 6. The van der Waals surface area contributed by atoms with Crippen LogP contribution >= 0.6 is 0 Å². The number of benzene rings is 3. The Morgan fingerprint density at radius 3 is 2.49 bits per heavy atom. The molecule has 0 unspecified atom stereocenters. The number of H-pyrrole nitrogens is 1. The Morgan fingerprint density at radius 2 is 1.74 bits per heavy atom. The second-order valence-electron chi connectivity index (χ2n) is 8.28. The van der Waals surface area contributed by atoms with E-state index in [2.05, 4.69) is 9.97 Å². The third-order valence-corrected chi connectivity index (χ3v) is 6.40. The number of methoxy groups -OCH3 is 3. The van der Waals surface area contributed by atoms with Gasteiger partial charge in [0.1, 0.15) is 12.4 Å². The van der Waals surface area contributed by atoms with Crippen LogP contribution in [0, 0.1) is 0 Å². The van der Waals surface area contributed by atoms with Gasteiger partial charge in [0.05, 0.1) is 47.6 Å². The molecular formula is C27H21N3O5. The molecule has 2 aromatic heterocycles. The summed E-state index contributed by atoms with van der Waals surface area (Å²) in [4.78, 5) is 35.5. The van der Waals surface area contributed by atoms with Gasteiger partial charge in [0.15, 0.2) is 17.3 Å². The molecule has 174 valence electrons. The number of hydrogen-bond donors (Lipinski definition) is 1. The average Bonchev–Trinajstić information content (AvgIpc) is 3.41. The summed E-state index contributed by atoms with van der Waals surface area (Å²) in [5, 5.41) is 0.821. The number of pyridine rings is 1. The average molecular weight is 467 g/mol. The van der Waals surface area contributed by atoms with Crippen molar-refractivity contribution in [2.24, 2.45) is 0 Å². The minimum absolute atomic E-state index is 0.133. The lowest BCUT2D eigenvalue weighted by Gasteiger charge is -2.17. The van der Waals surface area contributed by atoms with Gasteiger partial charge >= 0.3 is 0 Å². The van der Waals surface area contributed by atoms with Crippen molar-refractivity contribution in [1.29, 1.82) is 0 Å². The number of carbonyl (C=O) groups excluding carboxylic acids is 1. The van der Waals surface area contributed by atoms with Crippen molar-refractivity contribution < 1.29 is 19.0 Å². The van der Waals surface area contributed by atoms with Crippen LogP contribution in [0.4, 0.5) is 0 Å². The Balaban J connectivity index is 1.76. The Morgan fingerprint density at radius 1 is 0.943 bits per heavy atom. The van der Waals surface area contributed by atoms with Gasteiger partial charge in [-0.2, -0.15) is 0 Å². The molecular weight excluding hydrogens is 446 g/mol. The molecule has 0 bridgehead atoms. The standard InChI is InChI=1S/C27H21N3O5/c1-33-13-21-28-18-10-8-14(12-19(18)29-21)30-24-15-6-4-5-7-16(15)25(31)22(24)17-9-11-20(34-2)26(35-3)23(17)27(30)32/h4-12H,13H2,1-3H3,(H,28,29). The topological polar surface area (TPSA) is 95.4 Å². The maximum absolute atomic E-state index is 14.2. The van der Waals surface area contributed by atoms with Crippen LogP contribution in [0.1, 0.15) is 21.7 Å². The number of aromatic nitrogens is 3. The maximum atomic E-state index is 14.2. The minimum atomic E-state index is -0.310. The van der Waals surface area contributed by atoms with E-state index in [9.17, 15) is 9.59 Å². The van der Waals surface area contributed by atoms with Gasteiger partial charge < -0.3 is 19.2 Å². The van der Waals surface area contributed by atoms with E-state index in [-0.39, 0.29) is 16.7 Å². The third-order valence-electron chi connectivity index (χ3n) is 6.40. The molecule has 1 aliphatic carbocycles. The first-order valence-electron chi connectivity index (χ1n) is 11.0. The van der Waals surface area contributed by atoms with E-state index in [1.807, 2.05) is 36.4 Å². The molecule has 6 rings (SSSR count). The minimum Gasteiger partial charge on any atom is -0.493 e. The highest BCUT2D eigenvalue weighted by Crippen LogP contribution is 2.43. The lowest BCUT2D eigenvalue weighted by atomic mass is 10.0. The van der Waals surface area contributed by atoms with Crippen molar-refractivity contribution in [3.8, 4) is 28.4 Å². The van der Waals surface area contributed by atoms with Crippen LogP contribution in [0.25, 0.3) is 38.8 Å². The van der Waals surface area contributed by atoms with E-state index in [0.717, 1.165) is 11.0 Å². The van der Waals surface area contributed by atoms with Crippen molar-refractivity contribution in [3.63, 3.8) is 0 Å². The van der Waals surface area contributed by atoms with Crippen molar-refractivity contribution in [3.05, 3.63) is 81.9 Å². The first-order chi connectivity index (χ1) is 17.1. The molecule has 0 amide bonds. The lowest BCUT2D eigenvalue weighted by molar-refractivity contribution is 0.104. The van der Waals surface area contributed by atoms with Gasteiger partial charge in [-0.25, -0.2) is 4.98 Å². The Labute approximate surface area is 199 Å². The van der Waals surface area contributed by atoms with E-state index in [0.29, 0.717) is 57.4 Å². The number of nitrogens with zero attached hydrogens (tertiary/aromatic N) is 2. The van der Waals surface area contributed by atoms with Crippen LogP contribution in [-0.4, -0.2) is 41.6 Å².